The van der Waals surface area contributed by atoms with Gasteiger partial charge in [0, 0.05) is 18.9 Å². The van der Waals surface area contributed by atoms with Crippen molar-refractivity contribution in [2.45, 2.75) is 32.3 Å². The van der Waals surface area contributed by atoms with E-state index in [-0.39, 0.29) is 11.7 Å². The minimum absolute atomic E-state index is 0.272. The van der Waals surface area contributed by atoms with Crippen LogP contribution in [0.5, 0.6) is 11.5 Å². The van der Waals surface area contributed by atoms with Gasteiger partial charge in [-0.15, -0.1) is 0 Å². The van der Waals surface area contributed by atoms with Gasteiger partial charge < -0.3 is 18.8 Å². The number of aliphatic carboxylic acids is 1. The molecular formula is C21H26O7S. The van der Waals surface area contributed by atoms with Crippen LogP contribution in [0.25, 0.3) is 0 Å². The molecule has 8 heteroatoms. The average Bonchev–Trinajstić information content (AvgIpc) is 2.66. The summed E-state index contributed by atoms with van der Waals surface area (Å²) in [5.41, 5.74) is 1.84. The van der Waals surface area contributed by atoms with Crippen molar-refractivity contribution in [2.75, 3.05) is 19.5 Å². The van der Waals surface area contributed by atoms with Gasteiger partial charge in [-0.05, 0) is 42.3 Å². The molecule has 1 N–H and O–H groups in total. The van der Waals surface area contributed by atoms with E-state index in [1.54, 1.807) is 43.3 Å². The average molecular weight is 422 g/mol. The maximum atomic E-state index is 11.3. The molecule has 0 bridgehead atoms. The molecule has 0 amide bonds. The molecule has 29 heavy (non-hydrogen) atoms. The van der Waals surface area contributed by atoms with Crippen LogP contribution in [-0.4, -0.2) is 45.1 Å². The lowest BCUT2D eigenvalue weighted by molar-refractivity contribution is -0.151. The van der Waals surface area contributed by atoms with Gasteiger partial charge in [-0.2, -0.15) is 8.42 Å². The summed E-state index contributed by atoms with van der Waals surface area (Å²) < 4.78 is 38.1. The Kier molecular flexibility index (Phi) is 8.04. The minimum Gasteiger partial charge on any atom is -0.493 e. The maximum Gasteiger partial charge on any atom is 0.333 e. The second-order valence-corrected chi connectivity index (χ2v) is 8.18. The molecule has 0 aliphatic carbocycles. The first-order chi connectivity index (χ1) is 13.7. The Morgan fingerprint density at radius 3 is 2.14 bits per heavy atom. The van der Waals surface area contributed by atoms with Crippen LogP contribution in [0.4, 0.5) is 0 Å². The lowest BCUT2D eigenvalue weighted by Gasteiger charge is -2.20. The number of benzene rings is 2. The first-order valence-electron chi connectivity index (χ1n) is 9.25. The van der Waals surface area contributed by atoms with E-state index in [0.29, 0.717) is 25.4 Å². The van der Waals surface area contributed by atoms with E-state index in [1.807, 2.05) is 19.1 Å². The highest BCUT2D eigenvalue weighted by Crippen LogP contribution is 2.24. The van der Waals surface area contributed by atoms with E-state index in [4.69, 9.17) is 13.7 Å². The number of carboxylic acids is 1. The molecule has 0 heterocycles. The van der Waals surface area contributed by atoms with Crippen molar-refractivity contribution in [3.63, 3.8) is 0 Å². The molecule has 0 spiro atoms. The van der Waals surface area contributed by atoms with Gasteiger partial charge in [-0.3, -0.25) is 0 Å². The Morgan fingerprint density at radius 1 is 1.03 bits per heavy atom. The molecule has 2 unspecified atom stereocenters. The number of ether oxygens (including phenoxy) is 2. The van der Waals surface area contributed by atoms with Gasteiger partial charge in [-0.25, -0.2) is 4.79 Å². The van der Waals surface area contributed by atoms with Gasteiger partial charge in [0.2, 0.25) is 0 Å². The number of carbonyl (C=O) groups is 1. The monoisotopic (exact) mass is 422 g/mol. The van der Waals surface area contributed by atoms with Crippen molar-refractivity contribution in [2.24, 2.45) is 0 Å². The van der Waals surface area contributed by atoms with Crippen LogP contribution in [0, 0.1) is 0 Å². The molecule has 0 radical (unpaired) electrons. The van der Waals surface area contributed by atoms with E-state index in [0.717, 1.165) is 17.4 Å². The van der Waals surface area contributed by atoms with Gasteiger partial charge in [0.15, 0.2) is 6.10 Å². The fourth-order valence-electron chi connectivity index (χ4n) is 2.82. The van der Waals surface area contributed by atoms with Crippen LogP contribution in [0.1, 0.15) is 30.9 Å². The predicted octanol–water partition coefficient (Wildman–Crippen LogP) is 3.24. The summed E-state index contributed by atoms with van der Waals surface area (Å²) >= 11 is 0. The zero-order valence-electron chi connectivity index (χ0n) is 16.7. The van der Waals surface area contributed by atoms with Crippen molar-refractivity contribution in [3.8, 4) is 11.5 Å². The van der Waals surface area contributed by atoms with Crippen LogP contribution in [0.2, 0.25) is 0 Å². The first-order valence-corrected chi connectivity index (χ1v) is 11.1. The van der Waals surface area contributed by atoms with Crippen molar-refractivity contribution in [3.05, 3.63) is 59.7 Å². The van der Waals surface area contributed by atoms with E-state index in [2.05, 4.69) is 0 Å². The van der Waals surface area contributed by atoms with E-state index < -0.39 is 22.2 Å². The largest absolute Gasteiger partial charge is 0.493 e. The number of hydrogen-bond acceptors (Lipinski definition) is 6. The first kappa shape index (κ1) is 22.7. The standard InChI is InChI=1S/C21H26O7S/c1-4-26-20(21(22)23)15(2)17-7-11-18(12-8-17)27-14-13-16-5-9-19(10-6-16)28-29(3,24)25/h5-12,15,20H,4,13-14H2,1-3H3,(H,22,23). The molecule has 2 rings (SSSR count). The Bertz CT molecular complexity index is 890. The second-order valence-electron chi connectivity index (χ2n) is 6.60. The lowest BCUT2D eigenvalue weighted by Crippen LogP contribution is -2.29. The summed E-state index contributed by atoms with van der Waals surface area (Å²) in [7, 11) is -3.53. The van der Waals surface area contributed by atoms with E-state index in [9.17, 15) is 18.3 Å². The summed E-state index contributed by atoms with van der Waals surface area (Å²) in [5.74, 6) is -0.309. The zero-order chi connectivity index (χ0) is 21.4. The normalized spacial score (nSPS) is 13.5. The third-order valence-electron chi connectivity index (χ3n) is 4.28. The minimum atomic E-state index is -3.53. The number of hydrogen-bond donors (Lipinski definition) is 1. The predicted molar refractivity (Wildman–Crippen MR) is 109 cm³/mol. The smallest absolute Gasteiger partial charge is 0.333 e. The summed E-state index contributed by atoms with van der Waals surface area (Å²) in [6.07, 6.45) is 0.753. The highest BCUT2D eigenvalue weighted by atomic mass is 32.2. The molecule has 0 aliphatic heterocycles. The molecule has 2 aromatic carbocycles. The SMILES string of the molecule is CCOC(C(=O)O)C(C)c1ccc(OCCc2ccc(OS(C)(=O)=O)cc2)cc1. The molecule has 0 aromatic heterocycles. The quantitative estimate of drug-likeness (QED) is 0.555. The maximum absolute atomic E-state index is 11.3. The summed E-state index contributed by atoms with van der Waals surface area (Å²) in [4.78, 5) is 11.3. The van der Waals surface area contributed by atoms with E-state index >= 15 is 0 Å². The molecule has 7 nitrogen and oxygen atoms in total. The summed E-state index contributed by atoms with van der Waals surface area (Å²) in [5, 5.41) is 9.30. The number of rotatable bonds is 11. The summed E-state index contributed by atoms with van der Waals surface area (Å²) in [6.45, 7) is 4.37. The third-order valence-corrected chi connectivity index (χ3v) is 4.78. The van der Waals surface area contributed by atoms with Crippen LogP contribution in [0.3, 0.4) is 0 Å². The Morgan fingerprint density at radius 2 is 1.62 bits per heavy atom. The van der Waals surface area contributed by atoms with Crippen LogP contribution < -0.4 is 8.92 Å². The molecule has 0 saturated carbocycles. The van der Waals surface area contributed by atoms with Crippen molar-refractivity contribution < 1.29 is 32.0 Å². The zero-order valence-corrected chi connectivity index (χ0v) is 17.5. The highest BCUT2D eigenvalue weighted by Gasteiger charge is 2.26. The molecule has 0 fully saturated rings. The Balaban J connectivity index is 1.88. The highest BCUT2D eigenvalue weighted by molar-refractivity contribution is 7.86. The van der Waals surface area contributed by atoms with Gasteiger partial charge in [0.1, 0.15) is 11.5 Å². The molecule has 2 atom stereocenters. The summed E-state index contributed by atoms with van der Waals surface area (Å²) in [6, 6.07) is 14.1. The van der Waals surface area contributed by atoms with Gasteiger partial charge >= 0.3 is 16.1 Å². The van der Waals surface area contributed by atoms with Crippen molar-refractivity contribution in [1.29, 1.82) is 0 Å². The molecular weight excluding hydrogens is 396 g/mol. The van der Waals surface area contributed by atoms with Crippen LogP contribution in [0.15, 0.2) is 48.5 Å². The van der Waals surface area contributed by atoms with Crippen molar-refractivity contribution >= 4 is 16.1 Å². The van der Waals surface area contributed by atoms with Gasteiger partial charge in [-0.1, -0.05) is 31.2 Å². The molecule has 0 aliphatic rings. The molecule has 158 valence electrons. The van der Waals surface area contributed by atoms with Crippen LogP contribution in [-0.2, 0) is 26.1 Å². The molecule has 2 aromatic rings. The fraction of sp³-hybridized carbons (Fsp3) is 0.381. The van der Waals surface area contributed by atoms with Gasteiger partial charge in [0.05, 0.1) is 12.9 Å². The number of carboxylic acid groups (broad SMARTS) is 1. The second kappa shape index (κ2) is 10.3. The lowest BCUT2D eigenvalue weighted by atomic mass is 9.95. The Labute approximate surface area is 171 Å². The fourth-order valence-corrected chi connectivity index (χ4v) is 3.29. The van der Waals surface area contributed by atoms with Crippen molar-refractivity contribution in [1.82, 2.24) is 0 Å². The van der Waals surface area contributed by atoms with E-state index in [1.165, 1.54) is 0 Å². The molecule has 0 saturated heterocycles. The van der Waals surface area contributed by atoms with Crippen LogP contribution >= 0.6 is 0 Å². The third kappa shape index (κ3) is 7.40. The topological polar surface area (TPSA) is 99.1 Å². The Hall–Kier alpha value is -2.58. The van der Waals surface area contributed by atoms with Gasteiger partial charge in [0.25, 0.3) is 0 Å².